The van der Waals surface area contributed by atoms with Crippen molar-refractivity contribution >= 4 is 0 Å². The van der Waals surface area contributed by atoms with E-state index in [-0.39, 0.29) is 0 Å². The third-order valence-electron chi connectivity index (χ3n) is 7.29. The molecule has 5 saturated carbocycles. The molecule has 0 radical (unpaired) electrons. The van der Waals surface area contributed by atoms with E-state index in [0.717, 1.165) is 23.8 Å². The van der Waals surface area contributed by atoms with E-state index in [2.05, 4.69) is 5.73 Å². The lowest BCUT2D eigenvalue weighted by Gasteiger charge is -2.49. The Hall–Kier alpha value is -0.0400. The van der Waals surface area contributed by atoms with Gasteiger partial charge in [0, 0.05) is 12.3 Å². The molecule has 0 aromatic carbocycles. The minimum Gasteiger partial charge on any atom is -0.355 e. The van der Waals surface area contributed by atoms with Crippen molar-refractivity contribution in [2.45, 2.75) is 38.1 Å². The van der Waals surface area contributed by atoms with E-state index >= 15 is 0 Å². The van der Waals surface area contributed by atoms with Gasteiger partial charge in [0.2, 0.25) is 0 Å². The summed E-state index contributed by atoms with van der Waals surface area (Å²) in [5.41, 5.74) is 4.43. The predicted molar refractivity (Wildman–Crippen MR) is 57.7 cm³/mol. The lowest BCUT2D eigenvalue weighted by atomic mass is 9.56. The van der Waals surface area contributed by atoms with Gasteiger partial charge >= 0.3 is 0 Å². The summed E-state index contributed by atoms with van der Waals surface area (Å²) in [7, 11) is 0. The number of rotatable bonds is 0. The molecule has 0 amide bonds. The van der Waals surface area contributed by atoms with E-state index in [4.69, 9.17) is 0 Å². The first-order valence-electron chi connectivity index (χ1n) is 7.17. The van der Waals surface area contributed by atoms with Gasteiger partial charge in [0.05, 0.1) is 6.04 Å². The Balaban J connectivity index is 1.58. The highest BCUT2D eigenvalue weighted by atomic mass is 14.8. The van der Waals surface area contributed by atoms with Gasteiger partial charge in [0.1, 0.15) is 0 Å². The van der Waals surface area contributed by atoms with E-state index in [1.807, 2.05) is 0 Å². The second-order valence-electron chi connectivity index (χ2n) is 7.28. The molecular weight excluding hydrogens is 182 g/mol. The van der Waals surface area contributed by atoms with Gasteiger partial charge in [-0.15, -0.1) is 0 Å². The van der Waals surface area contributed by atoms with Gasteiger partial charge < -0.3 is 5.73 Å². The van der Waals surface area contributed by atoms with Crippen LogP contribution >= 0.6 is 0 Å². The smallest absolute Gasteiger partial charge is 0.0877 e. The van der Waals surface area contributed by atoms with Crippen molar-refractivity contribution in [3.05, 3.63) is 0 Å². The summed E-state index contributed by atoms with van der Waals surface area (Å²) in [4.78, 5) is 0. The van der Waals surface area contributed by atoms with Crippen LogP contribution < -0.4 is 5.73 Å². The monoisotopic (exact) mass is 204 g/mol. The predicted octanol–water partition coefficient (Wildman–Crippen LogP) is 1.54. The Morgan fingerprint density at radius 2 is 1.40 bits per heavy atom. The highest BCUT2D eigenvalue weighted by Crippen LogP contribution is 2.73. The fourth-order valence-corrected chi connectivity index (χ4v) is 6.99. The molecule has 0 aromatic rings. The van der Waals surface area contributed by atoms with Crippen LogP contribution in [0.15, 0.2) is 0 Å². The molecule has 5 aliphatic carbocycles. The molecular formula is C14H22N+. The Bertz CT molecular complexity index is 325. The molecule has 0 saturated heterocycles. The minimum absolute atomic E-state index is 0.842. The molecule has 15 heavy (non-hydrogen) atoms. The third-order valence-corrected chi connectivity index (χ3v) is 7.29. The van der Waals surface area contributed by atoms with Crippen LogP contribution in [0.5, 0.6) is 0 Å². The Labute approximate surface area is 91.8 Å². The summed E-state index contributed by atoms with van der Waals surface area (Å²) in [6.07, 6.45) is 7.90. The molecule has 0 aromatic heterocycles. The van der Waals surface area contributed by atoms with Gasteiger partial charge in [0.25, 0.3) is 0 Å². The normalized spacial score (nSPS) is 73.0. The number of fused-ring (bicyclic) bond motifs is 12. The molecule has 0 aliphatic heterocycles. The molecule has 5 rings (SSSR count). The highest BCUT2D eigenvalue weighted by Gasteiger charge is 2.69. The zero-order valence-corrected chi connectivity index (χ0v) is 9.44. The van der Waals surface area contributed by atoms with Gasteiger partial charge in [-0.1, -0.05) is 0 Å². The number of hydrogen-bond donors (Lipinski definition) is 1. The van der Waals surface area contributed by atoms with E-state index in [0.29, 0.717) is 0 Å². The number of hydrogen-bond acceptors (Lipinski definition) is 0. The summed E-state index contributed by atoms with van der Waals surface area (Å²) >= 11 is 0. The van der Waals surface area contributed by atoms with Crippen LogP contribution in [0.2, 0.25) is 0 Å². The Morgan fingerprint density at radius 3 is 2.13 bits per heavy atom. The minimum atomic E-state index is 0.842. The van der Waals surface area contributed by atoms with Crippen molar-refractivity contribution in [1.29, 1.82) is 0 Å². The van der Waals surface area contributed by atoms with Crippen LogP contribution in [0.25, 0.3) is 0 Å². The zero-order valence-electron chi connectivity index (χ0n) is 9.44. The van der Waals surface area contributed by atoms with Gasteiger partial charge in [-0.05, 0) is 67.1 Å². The molecule has 5 aliphatic rings. The molecule has 9 unspecified atom stereocenters. The lowest BCUT2D eigenvalue weighted by molar-refractivity contribution is -0.436. The maximum absolute atomic E-state index is 4.43. The molecule has 9 atom stereocenters. The first-order chi connectivity index (χ1) is 7.34. The summed E-state index contributed by atoms with van der Waals surface area (Å²) in [5.74, 6) is 9.33. The Morgan fingerprint density at radius 1 is 0.667 bits per heavy atom. The van der Waals surface area contributed by atoms with Crippen LogP contribution in [0.4, 0.5) is 0 Å². The molecule has 3 N–H and O–H groups in total. The summed E-state index contributed by atoms with van der Waals surface area (Å²) in [6, 6.07) is 0.842. The van der Waals surface area contributed by atoms with Crippen LogP contribution in [-0.4, -0.2) is 6.04 Å². The standard InChI is InChI=1S/C14H21N/c15-12-4-6-3-11(12)14-10-5-9(13(6)14)7-1-2-8(7)10/h6-14H,1-5,15H2/p+1. The average molecular weight is 204 g/mol. The molecule has 82 valence electrons. The van der Waals surface area contributed by atoms with E-state index in [9.17, 15) is 0 Å². The van der Waals surface area contributed by atoms with Crippen LogP contribution in [0.1, 0.15) is 32.1 Å². The van der Waals surface area contributed by atoms with E-state index in [1.165, 1.54) is 36.0 Å². The van der Waals surface area contributed by atoms with Crippen LogP contribution in [-0.2, 0) is 0 Å². The molecule has 1 heteroatoms. The van der Waals surface area contributed by atoms with Gasteiger partial charge in [-0.2, -0.15) is 0 Å². The first kappa shape index (κ1) is 8.11. The van der Waals surface area contributed by atoms with E-state index in [1.54, 1.807) is 25.7 Å². The Kier molecular flexibility index (Phi) is 1.24. The topological polar surface area (TPSA) is 27.6 Å². The zero-order chi connectivity index (χ0) is 9.73. The SMILES string of the molecule is [NH3+]C1CC2CC1C1C3CC(C4CCC43)C21. The van der Waals surface area contributed by atoms with Crippen molar-refractivity contribution in [1.82, 2.24) is 0 Å². The lowest BCUT2D eigenvalue weighted by Crippen LogP contribution is -2.65. The first-order valence-corrected chi connectivity index (χ1v) is 7.17. The second kappa shape index (κ2) is 2.30. The summed E-state index contributed by atoms with van der Waals surface area (Å²) in [5, 5.41) is 0. The molecule has 1 nitrogen and oxygen atoms in total. The van der Waals surface area contributed by atoms with Crippen molar-refractivity contribution < 1.29 is 5.73 Å². The van der Waals surface area contributed by atoms with Crippen LogP contribution in [0.3, 0.4) is 0 Å². The highest BCUT2D eigenvalue weighted by molar-refractivity contribution is 5.16. The van der Waals surface area contributed by atoms with Crippen molar-refractivity contribution in [3.8, 4) is 0 Å². The largest absolute Gasteiger partial charge is 0.355 e. The summed E-state index contributed by atoms with van der Waals surface area (Å²) in [6.45, 7) is 0. The van der Waals surface area contributed by atoms with Crippen molar-refractivity contribution in [2.75, 3.05) is 0 Å². The van der Waals surface area contributed by atoms with Gasteiger partial charge in [-0.25, -0.2) is 0 Å². The van der Waals surface area contributed by atoms with Gasteiger partial charge in [0.15, 0.2) is 0 Å². The summed E-state index contributed by atoms with van der Waals surface area (Å²) < 4.78 is 0. The fraction of sp³-hybridized carbons (Fsp3) is 1.00. The maximum Gasteiger partial charge on any atom is 0.0877 e. The number of quaternary nitrogens is 1. The van der Waals surface area contributed by atoms with E-state index < -0.39 is 0 Å². The van der Waals surface area contributed by atoms with Crippen molar-refractivity contribution in [2.24, 2.45) is 47.3 Å². The quantitative estimate of drug-likeness (QED) is 0.580. The van der Waals surface area contributed by atoms with Crippen molar-refractivity contribution in [3.63, 3.8) is 0 Å². The molecule has 4 bridgehead atoms. The second-order valence-corrected chi connectivity index (χ2v) is 7.28. The van der Waals surface area contributed by atoms with Crippen LogP contribution in [0, 0.1) is 47.3 Å². The molecule has 0 spiro atoms. The fourth-order valence-electron chi connectivity index (χ4n) is 6.99. The molecule has 0 heterocycles. The van der Waals surface area contributed by atoms with Gasteiger partial charge in [-0.3, -0.25) is 0 Å². The average Bonchev–Trinajstić information content (AvgIpc) is 2.78. The molecule has 5 fully saturated rings. The third kappa shape index (κ3) is 0.712. The maximum atomic E-state index is 4.43.